The highest BCUT2D eigenvalue weighted by atomic mass is 32.1. The van der Waals surface area contributed by atoms with Crippen molar-refractivity contribution in [1.29, 1.82) is 0 Å². The van der Waals surface area contributed by atoms with Crippen LogP contribution in [-0.4, -0.2) is 52.2 Å². The molecule has 9 heteroatoms. The molecule has 4 heterocycles. The molecule has 1 fully saturated rings. The average molecular weight is 453 g/mol. The molecule has 8 nitrogen and oxygen atoms in total. The predicted octanol–water partition coefficient (Wildman–Crippen LogP) is 3.05. The van der Waals surface area contributed by atoms with E-state index in [1.165, 1.54) is 0 Å². The monoisotopic (exact) mass is 452 g/mol. The van der Waals surface area contributed by atoms with Gasteiger partial charge in [0.15, 0.2) is 0 Å². The second-order valence-electron chi connectivity index (χ2n) is 8.15. The molecule has 5 rings (SSSR count). The highest BCUT2D eigenvalue weighted by Crippen LogP contribution is 2.38. The Bertz CT molecular complexity index is 1100. The number of hydrogen-bond acceptors (Lipinski definition) is 7. The molecule has 0 radical (unpaired) electrons. The zero-order valence-corrected chi connectivity index (χ0v) is 18.4. The van der Waals surface area contributed by atoms with Gasteiger partial charge in [0.2, 0.25) is 17.6 Å². The summed E-state index contributed by atoms with van der Waals surface area (Å²) in [6.45, 7) is 2.02. The lowest BCUT2D eigenvalue weighted by Crippen LogP contribution is -2.54. The van der Waals surface area contributed by atoms with Crippen molar-refractivity contribution >= 4 is 23.2 Å². The van der Waals surface area contributed by atoms with E-state index in [0.717, 1.165) is 16.0 Å². The van der Waals surface area contributed by atoms with Crippen LogP contribution in [0.3, 0.4) is 0 Å². The zero-order chi connectivity index (χ0) is 22.0. The van der Waals surface area contributed by atoms with Crippen LogP contribution in [0, 0.1) is 0 Å². The highest BCUT2D eigenvalue weighted by Gasteiger charge is 2.45. The number of hydrogen-bond donors (Lipinski definition) is 1. The fourth-order valence-electron chi connectivity index (χ4n) is 4.46. The summed E-state index contributed by atoms with van der Waals surface area (Å²) >= 11 is 1.55. The first-order valence-corrected chi connectivity index (χ1v) is 11.6. The lowest BCUT2D eigenvalue weighted by atomic mass is 9.84. The second-order valence-corrected chi connectivity index (χ2v) is 9.10. The molecule has 2 aliphatic heterocycles. The quantitative estimate of drug-likeness (QED) is 0.592. The number of ether oxygens (including phenoxy) is 1. The topological polar surface area (TPSA) is 97.6 Å². The van der Waals surface area contributed by atoms with Gasteiger partial charge < -0.3 is 19.5 Å². The molecular weight excluding hydrogens is 428 g/mol. The van der Waals surface area contributed by atoms with E-state index < -0.39 is 5.54 Å². The first kappa shape index (κ1) is 20.8. The van der Waals surface area contributed by atoms with E-state index in [4.69, 9.17) is 9.26 Å². The van der Waals surface area contributed by atoms with Gasteiger partial charge in [-0.15, -0.1) is 11.3 Å². The minimum Gasteiger partial charge on any atom is -0.381 e. The maximum atomic E-state index is 13.1. The summed E-state index contributed by atoms with van der Waals surface area (Å²) in [6.07, 6.45) is 2.00. The Kier molecular flexibility index (Phi) is 5.75. The lowest BCUT2D eigenvalue weighted by molar-refractivity contribution is -0.125. The molecular formula is C23H24N4O4S. The van der Waals surface area contributed by atoms with Crippen molar-refractivity contribution in [3.63, 3.8) is 0 Å². The molecule has 0 unspecified atom stereocenters. The Balaban J connectivity index is 1.21. The molecule has 32 heavy (non-hydrogen) atoms. The second kappa shape index (κ2) is 8.84. The Morgan fingerprint density at radius 2 is 2.03 bits per heavy atom. The summed E-state index contributed by atoms with van der Waals surface area (Å²) in [5.74, 6) is 0.963. The number of carbonyl (C=O) groups excluding carboxylic acids is 2. The van der Waals surface area contributed by atoms with Crippen LogP contribution in [-0.2, 0) is 22.5 Å². The van der Waals surface area contributed by atoms with Crippen LogP contribution in [0.25, 0.3) is 10.7 Å². The molecule has 0 aliphatic carbocycles. The van der Waals surface area contributed by atoms with E-state index in [0.29, 0.717) is 57.3 Å². The van der Waals surface area contributed by atoms with Crippen LogP contribution in [0.1, 0.15) is 41.1 Å². The summed E-state index contributed by atoms with van der Waals surface area (Å²) in [5, 5.41) is 8.92. The SMILES string of the molecule is O=C(CC1(N2Cc3ccccc3C2=O)CCOCC1)NCCc1nc(-c2cccs2)no1. The Labute approximate surface area is 189 Å². The Hall–Kier alpha value is -3.04. The third-order valence-corrected chi connectivity index (χ3v) is 7.04. The number of aromatic nitrogens is 2. The fourth-order valence-corrected chi connectivity index (χ4v) is 5.11. The third-order valence-electron chi connectivity index (χ3n) is 6.18. The zero-order valence-electron chi connectivity index (χ0n) is 17.6. The molecule has 0 saturated carbocycles. The predicted molar refractivity (Wildman–Crippen MR) is 118 cm³/mol. The first-order chi connectivity index (χ1) is 15.6. The van der Waals surface area contributed by atoms with E-state index in [9.17, 15) is 9.59 Å². The number of rotatable bonds is 7. The fraction of sp³-hybridized carbons (Fsp3) is 0.391. The van der Waals surface area contributed by atoms with Gasteiger partial charge in [0.05, 0.1) is 16.8 Å². The third kappa shape index (κ3) is 4.05. The van der Waals surface area contributed by atoms with Crippen molar-refractivity contribution in [1.82, 2.24) is 20.4 Å². The number of nitrogens with one attached hydrogen (secondary N) is 1. The minimum atomic E-state index is -0.532. The molecule has 166 valence electrons. The summed E-state index contributed by atoms with van der Waals surface area (Å²) in [6, 6.07) is 11.5. The van der Waals surface area contributed by atoms with Gasteiger partial charge in [-0.2, -0.15) is 4.98 Å². The maximum Gasteiger partial charge on any atom is 0.254 e. The van der Waals surface area contributed by atoms with Gasteiger partial charge in [-0.05, 0) is 35.9 Å². The van der Waals surface area contributed by atoms with Crippen molar-refractivity contribution in [2.75, 3.05) is 19.8 Å². The molecule has 0 atom stereocenters. The van der Waals surface area contributed by atoms with Crippen LogP contribution in [0.5, 0.6) is 0 Å². The van der Waals surface area contributed by atoms with Gasteiger partial charge in [0, 0.05) is 38.3 Å². The molecule has 2 amide bonds. The van der Waals surface area contributed by atoms with E-state index in [-0.39, 0.29) is 18.2 Å². The van der Waals surface area contributed by atoms with Crippen LogP contribution in [0.4, 0.5) is 0 Å². The Morgan fingerprint density at radius 1 is 1.19 bits per heavy atom. The maximum absolute atomic E-state index is 13.1. The van der Waals surface area contributed by atoms with Gasteiger partial charge in [0.1, 0.15) is 0 Å². The van der Waals surface area contributed by atoms with Gasteiger partial charge >= 0.3 is 0 Å². The molecule has 0 bridgehead atoms. The molecule has 0 spiro atoms. The van der Waals surface area contributed by atoms with Gasteiger partial charge in [-0.3, -0.25) is 9.59 Å². The standard InChI is InChI=1S/C23H24N4O4S/c28-19(24-10-7-20-25-21(26-31-20)18-6-3-13-32-18)14-23(8-11-30-12-9-23)27-15-16-4-1-2-5-17(16)22(27)29/h1-6,13H,7-12,14-15H2,(H,24,28). The van der Waals surface area contributed by atoms with Gasteiger partial charge in [0.25, 0.3) is 5.91 Å². The summed E-state index contributed by atoms with van der Waals surface area (Å²) < 4.78 is 10.8. The van der Waals surface area contributed by atoms with Crippen molar-refractivity contribution in [3.05, 3.63) is 58.8 Å². The number of amides is 2. The molecule has 1 aromatic carbocycles. The molecule has 1 saturated heterocycles. The van der Waals surface area contributed by atoms with Crippen LogP contribution in [0.15, 0.2) is 46.3 Å². The van der Waals surface area contributed by atoms with Crippen LogP contribution >= 0.6 is 11.3 Å². The lowest BCUT2D eigenvalue weighted by Gasteiger charge is -2.44. The largest absolute Gasteiger partial charge is 0.381 e. The smallest absolute Gasteiger partial charge is 0.254 e. The van der Waals surface area contributed by atoms with Gasteiger partial charge in [-0.1, -0.05) is 29.4 Å². The first-order valence-electron chi connectivity index (χ1n) is 10.8. The number of nitrogens with zero attached hydrogens (tertiary/aromatic N) is 3. The van der Waals surface area contributed by atoms with Gasteiger partial charge in [-0.25, -0.2) is 0 Å². The van der Waals surface area contributed by atoms with Crippen LogP contribution in [0.2, 0.25) is 0 Å². The number of thiophene rings is 1. The Morgan fingerprint density at radius 3 is 2.81 bits per heavy atom. The van der Waals surface area contributed by atoms with Crippen molar-refractivity contribution < 1.29 is 18.8 Å². The summed E-state index contributed by atoms with van der Waals surface area (Å²) in [4.78, 5) is 33.2. The normalized spacial score (nSPS) is 17.4. The average Bonchev–Trinajstić information content (AvgIpc) is 3.55. The van der Waals surface area contributed by atoms with Crippen molar-refractivity contribution in [2.24, 2.45) is 0 Å². The van der Waals surface area contributed by atoms with Crippen LogP contribution < -0.4 is 5.32 Å². The molecule has 1 N–H and O–H groups in total. The van der Waals surface area contributed by atoms with Crippen molar-refractivity contribution in [2.45, 2.75) is 37.8 Å². The summed E-state index contributed by atoms with van der Waals surface area (Å²) in [5.41, 5.74) is 1.22. The van der Waals surface area contributed by atoms with E-state index in [2.05, 4.69) is 15.5 Å². The molecule has 2 aliphatic rings. The number of fused-ring (bicyclic) bond motifs is 1. The van der Waals surface area contributed by atoms with E-state index >= 15 is 0 Å². The minimum absolute atomic E-state index is 0.00210. The van der Waals surface area contributed by atoms with E-state index in [1.807, 2.05) is 46.7 Å². The highest BCUT2D eigenvalue weighted by molar-refractivity contribution is 7.13. The molecule has 3 aromatic rings. The number of carbonyl (C=O) groups is 2. The van der Waals surface area contributed by atoms with Crippen molar-refractivity contribution in [3.8, 4) is 10.7 Å². The van der Waals surface area contributed by atoms with E-state index in [1.54, 1.807) is 11.3 Å². The molecule has 2 aromatic heterocycles. The number of benzene rings is 1. The summed E-state index contributed by atoms with van der Waals surface area (Å²) in [7, 11) is 0.